The summed E-state index contributed by atoms with van der Waals surface area (Å²) in [6.07, 6.45) is -0.919. The van der Waals surface area contributed by atoms with Crippen LogP contribution in [0.2, 0.25) is 5.02 Å². The van der Waals surface area contributed by atoms with Gasteiger partial charge in [0.2, 0.25) is 5.91 Å². The quantitative estimate of drug-likeness (QED) is 0.542. The molecule has 32 heavy (non-hydrogen) atoms. The fourth-order valence-electron chi connectivity index (χ4n) is 3.70. The number of thiophene rings is 1. The van der Waals surface area contributed by atoms with Crippen LogP contribution in [0.25, 0.3) is 15.9 Å². The van der Waals surface area contributed by atoms with Crippen LogP contribution < -0.4 is 0 Å². The number of fused-ring (bicyclic) bond motifs is 1. The van der Waals surface area contributed by atoms with Crippen LogP contribution in [0.3, 0.4) is 0 Å². The number of aromatic nitrogens is 2. The van der Waals surface area contributed by atoms with Crippen molar-refractivity contribution < 1.29 is 19.1 Å². The monoisotopic (exact) mass is 474 g/mol. The number of para-hydroxylation sites is 1. The van der Waals surface area contributed by atoms with Crippen molar-refractivity contribution in [2.75, 3.05) is 26.2 Å². The van der Waals surface area contributed by atoms with Gasteiger partial charge in [-0.15, -0.1) is 11.3 Å². The van der Waals surface area contributed by atoms with Crippen molar-refractivity contribution in [2.24, 2.45) is 0 Å². The van der Waals surface area contributed by atoms with E-state index in [1.54, 1.807) is 33.5 Å². The van der Waals surface area contributed by atoms with Crippen LogP contribution in [-0.2, 0) is 14.3 Å². The third-order valence-electron chi connectivity index (χ3n) is 5.49. The molecule has 0 aliphatic carbocycles. The first-order valence-electron chi connectivity index (χ1n) is 10.3. The Labute approximate surface area is 194 Å². The Bertz CT molecular complexity index is 1200. The van der Waals surface area contributed by atoms with Gasteiger partial charge in [0.1, 0.15) is 9.71 Å². The zero-order chi connectivity index (χ0) is 23.0. The molecule has 1 aromatic carbocycles. The number of amides is 2. The summed E-state index contributed by atoms with van der Waals surface area (Å²) in [5.41, 5.74) is 1.49. The van der Waals surface area contributed by atoms with Gasteiger partial charge in [0.25, 0.3) is 5.91 Å². The first-order chi connectivity index (χ1) is 15.3. The smallest absolute Gasteiger partial charge is 0.349 e. The average Bonchev–Trinajstić information content (AvgIpc) is 3.34. The average molecular weight is 475 g/mol. The number of aryl methyl sites for hydroxylation is 1. The third-order valence-corrected chi connectivity index (χ3v) is 6.90. The normalized spacial score (nSPS) is 15.1. The summed E-state index contributed by atoms with van der Waals surface area (Å²) < 4.78 is 7.20. The predicted octanol–water partition coefficient (Wildman–Crippen LogP) is 3.28. The number of piperazine rings is 1. The van der Waals surface area contributed by atoms with Crippen LogP contribution in [-0.4, -0.2) is 69.6 Å². The highest BCUT2D eigenvalue weighted by Gasteiger charge is 2.29. The van der Waals surface area contributed by atoms with E-state index < -0.39 is 12.1 Å². The zero-order valence-corrected chi connectivity index (χ0v) is 19.6. The van der Waals surface area contributed by atoms with Crippen molar-refractivity contribution in [2.45, 2.75) is 26.9 Å². The first kappa shape index (κ1) is 22.3. The summed E-state index contributed by atoms with van der Waals surface area (Å²) in [6, 6.07) is 9.09. The molecule has 1 atom stereocenters. The summed E-state index contributed by atoms with van der Waals surface area (Å²) in [6.45, 7) is 6.77. The molecule has 3 aromatic rings. The van der Waals surface area contributed by atoms with Gasteiger partial charge in [-0.05, 0) is 32.0 Å². The lowest BCUT2D eigenvalue weighted by Gasteiger charge is -2.35. The maximum atomic E-state index is 12.8. The maximum absolute atomic E-state index is 12.8. The molecule has 1 aliphatic heterocycles. The van der Waals surface area contributed by atoms with Crippen LogP contribution in [0.4, 0.5) is 0 Å². The van der Waals surface area contributed by atoms with Gasteiger partial charge in [0.05, 0.1) is 16.4 Å². The van der Waals surface area contributed by atoms with E-state index in [0.29, 0.717) is 36.1 Å². The number of nitrogens with zero attached hydrogens (tertiary/aromatic N) is 4. The number of carbonyl (C=O) groups is 3. The summed E-state index contributed by atoms with van der Waals surface area (Å²) in [7, 11) is 0. The van der Waals surface area contributed by atoms with Crippen molar-refractivity contribution >= 4 is 50.9 Å². The van der Waals surface area contributed by atoms with Gasteiger partial charge < -0.3 is 14.5 Å². The molecule has 0 bridgehead atoms. The molecular formula is C22H23ClN4O4S. The second kappa shape index (κ2) is 8.91. The van der Waals surface area contributed by atoms with Gasteiger partial charge in [-0.1, -0.05) is 23.7 Å². The predicted molar refractivity (Wildman–Crippen MR) is 122 cm³/mol. The second-order valence-electron chi connectivity index (χ2n) is 7.66. The molecule has 3 heterocycles. The number of halogens is 1. The molecule has 1 fully saturated rings. The Hall–Kier alpha value is -2.91. The molecule has 0 N–H and O–H groups in total. The van der Waals surface area contributed by atoms with E-state index in [1.807, 2.05) is 25.1 Å². The van der Waals surface area contributed by atoms with Gasteiger partial charge in [0.15, 0.2) is 6.10 Å². The fraction of sp³-hybridized carbons (Fsp3) is 0.364. The van der Waals surface area contributed by atoms with E-state index in [1.165, 1.54) is 18.3 Å². The van der Waals surface area contributed by atoms with Gasteiger partial charge in [-0.3, -0.25) is 9.59 Å². The first-order valence-corrected chi connectivity index (χ1v) is 11.4. The molecule has 4 rings (SSSR count). The third kappa shape index (κ3) is 4.22. The van der Waals surface area contributed by atoms with E-state index in [4.69, 9.17) is 16.3 Å². The molecule has 2 amide bonds. The highest BCUT2D eigenvalue weighted by molar-refractivity contribution is 7.20. The van der Waals surface area contributed by atoms with Crippen LogP contribution in [0.15, 0.2) is 30.3 Å². The van der Waals surface area contributed by atoms with Crippen LogP contribution >= 0.6 is 22.9 Å². The number of hydrogen-bond donors (Lipinski definition) is 0. The molecule has 2 aromatic heterocycles. The highest BCUT2D eigenvalue weighted by Crippen LogP contribution is 2.32. The molecular weight excluding hydrogens is 452 g/mol. The van der Waals surface area contributed by atoms with Crippen molar-refractivity contribution in [3.8, 4) is 5.69 Å². The summed E-state index contributed by atoms with van der Waals surface area (Å²) in [5.74, 6) is -0.826. The zero-order valence-electron chi connectivity index (χ0n) is 18.0. The number of esters is 1. The van der Waals surface area contributed by atoms with E-state index in [-0.39, 0.29) is 11.8 Å². The maximum Gasteiger partial charge on any atom is 0.349 e. The SMILES string of the molecule is CC(=O)N1CCN(C(=O)C(C)OC(=O)c2cc3c(C)nn(-c4ccccc4Cl)c3s2)CC1. The lowest BCUT2D eigenvalue weighted by Crippen LogP contribution is -2.52. The molecule has 8 nitrogen and oxygen atoms in total. The molecule has 0 saturated carbocycles. The molecule has 1 unspecified atom stereocenters. The number of hydrogen-bond acceptors (Lipinski definition) is 6. The molecule has 168 valence electrons. The van der Waals surface area contributed by atoms with Gasteiger partial charge in [0, 0.05) is 38.5 Å². The van der Waals surface area contributed by atoms with Crippen LogP contribution in [0, 0.1) is 6.92 Å². The fourth-order valence-corrected chi connectivity index (χ4v) is 4.98. The summed E-state index contributed by atoms with van der Waals surface area (Å²) >= 11 is 7.58. The molecule has 0 radical (unpaired) electrons. The second-order valence-corrected chi connectivity index (χ2v) is 9.09. The minimum absolute atomic E-state index is 0.00742. The van der Waals surface area contributed by atoms with Gasteiger partial charge >= 0.3 is 5.97 Å². The number of benzene rings is 1. The van der Waals surface area contributed by atoms with Crippen molar-refractivity contribution in [3.63, 3.8) is 0 Å². The Morgan fingerprint density at radius 1 is 1.12 bits per heavy atom. The number of ether oxygens (including phenoxy) is 1. The standard InChI is InChI=1S/C22H23ClN4O4S/c1-13-16-12-19(32-21(16)27(24-13)18-7-5-4-6-17(18)23)22(30)31-14(2)20(29)26-10-8-25(9-11-26)15(3)28/h4-7,12,14H,8-11H2,1-3H3. The topological polar surface area (TPSA) is 84.7 Å². The van der Waals surface area contributed by atoms with E-state index in [0.717, 1.165) is 21.6 Å². The Kier molecular flexibility index (Phi) is 6.21. The van der Waals surface area contributed by atoms with Gasteiger partial charge in [-0.25, -0.2) is 9.48 Å². The van der Waals surface area contributed by atoms with Crippen LogP contribution in [0.1, 0.15) is 29.2 Å². The Morgan fingerprint density at radius 3 is 2.44 bits per heavy atom. The highest BCUT2D eigenvalue weighted by atomic mass is 35.5. The Balaban J connectivity index is 1.48. The van der Waals surface area contributed by atoms with Gasteiger partial charge in [-0.2, -0.15) is 5.10 Å². The van der Waals surface area contributed by atoms with E-state index in [9.17, 15) is 14.4 Å². The lowest BCUT2D eigenvalue weighted by molar-refractivity contribution is -0.144. The van der Waals surface area contributed by atoms with E-state index >= 15 is 0 Å². The summed E-state index contributed by atoms with van der Waals surface area (Å²) in [5, 5.41) is 5.94. The molecule has 1 aliphatic rings. The molecule has 10 heteroatoms. The van der Waals surface area contributed by atoms with Crippen molar-refractivity contribution in [3.05, 3.63) is 45.9 Å². The largest absolute Gasteiger partial charge is 0.448 e. The van der Waals surface area contributed by atoms with Crippen molar-refractivity contribution in [1.29, 1.82) is 0 Å². The Morgan fingerprint density at radius 2 is 1.78 bits per heavy atom. The van der Waals surface area contributed by atoms with E-state index in [2.05, 4.69) is 5.10 Å². The lowest BCUT2D eigenvalue weighted by atomic mass is 10.2. The number of carbonyl (C=O) groups excluding carboxylic acids is 3. The number of rotatable bonds is 4. The van der Waals surface area contributed by atoms with Crippen LogP contribution in [0.5, 0.6) is 0 Å². The van der Waals surface area contributed by atoms with Crippen molar-refractivity contribution in [1.82, 2.24) is 19.6 Å². The summed E-state index contributed by atoms with van der Waals surface area (Å²) in [4.78, 5) is 41.5. The molecule has 1 saturated heterocycles. The minimum Gasteiger partial charge on any atom is -0.448 e. The molecule has 0 spiro atoms. The minimum atomic E-state index is -0.919.